The topological polar surface area (TPSA) is 84.2 Å². The van der Waals surface area contributed by atoms with Crippen LogP contribution in [0.1, 0.15) is 6.92 Å². The van der Waals surface area contributed by atoms with Crippen LogP contribution < -0.4 is 16.6 Å². The molecule has 1 atom stereocenters. The second-order valence-electron chi connectivity index (χ2n) is 2.81. The Morgan fingerprint density at radius 1 is 1.53 bits per heavy atom. The second-order valence-corrected chi connectivity index (χ2v) is 2.81. The van der Waals surface area contributed by atoms with Crippen LogP contribution >= 0.6 is 0 Å². The lowest BCUT2D eigenvalue weighted by molar-refractivity contribution is -0.116. The highest BCUT2D eigenvalue weighted by molar-refractivity contribution is 5.95. The summed E-state index contributed by atoms with van der Waals surface area (Å²) in [5, 5.41) is 0. The van der Waals surface area contributed by atoms with Crippen LogP contribution in [0, 0.1) is 0 Å². The number of rotatable bonds is 2. The molecule has 0 spiro atoms. The SMILES string of the molecule is C=O.CC1(C(F)F)NNC(F)=C1C(N)=O. The zero-order valence-electron chi connectivity index (χ0n) is 7.81. The molecule has 8 heteroatoms. The number of nitrogens with one attached hydrogen (secondary N) is 2. The number of hydrogen-bond acceptors (Lipinski definition) is 4. The summed E-state index contributed by atoms with van der Waals surface area (Å²) in [5.74, 6) is -2.37. The van der Waals surface area contributed by atoms with Gasteiger partial charge in [-0.3, -0.25) is 10.2 Å². The summed E-state index contributed by atoms with van der Waals surface area (Å²) in [4.78, 5) is 18.6. The van der Waals surface area contributed by atoms with Crippen molar-refractivity contribution in [3.05, 3.63) is 11.5 Å². The number of nitrogens with two attached hydrogens (primary N) is 1. The molecule has 5 nitrogen and oxygen atoms in total. The fourth-order valence-electron chi connectivity index (χ4n) is 1.07. The van der Waals surface area contributed by atoms with E-state index in [-0.39, 0.29) is 0 Å². The Bertz CT molecular complexity index is 295. The van der Waals surface area contributed by atoms with Gasteiger partial charge < -0.3 is 10.5 Å². The average Bonchev–Trinajstić information content (AvgIpc) is 2.47. The number of hydrogen-bond donors (Lipinski definition) is 3. The van der Waals surface area contributed by atoms with E-state index in [0.29, 0.717) is 0 Å². The monoisotopic (exact) mass is 225 g/mol. The number of carbonyl (C=O) groups excluding carboxylic acids is 2. The molecule has 1 aliphatic rings. The molecule has 1 heterocycles. The molecule has 0 radical (unpaired) electrons. The summed E-state index contributed by atoms with van der Waals surface area (Å²) < 4.78 is 37.6. The number of carbonyl (C=O) groups is 2. The maximum atomic E-state index is 12.8. The van der Waals surface area contributed by atoms with Gasteiger partial charge in [-0.1, -0.05) is 0 Å². The molecule has 0 bridgehead atoms. The first-order valence-corrected chi connectivity index (χ1v) is 3.70. The van der Waals surface area contributed by atoms with E-state index < -0.39 is 29.4 Å². The molecule has 0 saturated carbocycles. The molecule has 0 aromatic carbocycles. The van der Waals surface area contributed by atoms with E-state index in [1.165, 1.54) is 0 Å². The third kappa shape index (κ3) is 2.27. The van der Waals surface area contributed by atoms with Gasteiger partial charge in [0.2, 0.25) is 5.95 Å². The van der Waals surface area contributed by atoms with Crippen molar-refractivity contribution < 1.29 is 22.8 Å². The molecule has 1 rings (SSSR count). The Morgan fingerprint density at radius 2 is 2.00 bits per heavy atom. The van der Waals surface area contributed by atoms with E-state index in [1.807, 2.05) is 12.2 Å². The Labute approximate surface area is 83.5 Å². The summed E-state index contributed by atoms with van der Waals surface area (Å²) in [6.07, 6.45) is -2.93. The highest BCUT2D eigenvalue weighted by Gasteiger charge is 2.47. The van der Waals surface area contributed by atoms with Gasteiger partial charge in [0.1, 0.15) is 12.3 Å². The molecule has 0 aliphatic carbocycles. The molecular weight excluding hydrogens is 215 g/mol. The van der Waals surface area contributed by atoms with E-state index in [0.717, 1.165) is 6.92 Å². The number of amides is 1. The summed E-state index contributed by atoms with van der Waals surface area (Å²) in [5.41, 5.74) is 5.70. The van der Waals surface area contributed by atoms with Crippen molar-refractivity contribution in [3.8, 4) is 0 Å². The van der Waals surface area contributed by atoms with E-state index in [1.54, 1.807) is 5.43 Å². The molecule has 1 amide bonds. The zero-order chi connectivity index (χ0) is 12.2. The first kappa shape index (κ1) is 13.4. The van der Waals surface area contributed by atoms with Gasteiger partial charge in [-0.25, -0.2) is 14.2 Å². The largest absolute Gasteiger partial charge is 0.366 e. The average molecular weight is 225 g/mol. The molecular formula is C7H10F3N3O2. The van der Waals surface area contributed by atoms with E-state index in [2.05, 4.69) is 0 Å². The molecule has 0 fully saturated rings. The Hall–Kier alpha value is -1.57. The maximum Gasteiger partial charge on any atom is 0.262 e. The van der Waals surface area contributed by atoms with Gasteiger partial charge in [-0.15, -0.1) is 0 Å². The predicted octanol–water partition coefficient (Wildman–Crippen LogP) is -0.401. The lowest BCUT2D eigenvalue weighted by Gasteiger charge is -2.23. The van der Waals surface area contributed by atoms with Crippen LogP contribution in [0.5, 0.6) is 0 Å². The number of hydrazine groups is 1. The smallest absolute Gasteiger partial charge is 0.262 e. The molecule has 0 aromatic heterocycles. The van der Waals surface area contributed by atoms with Gasteiger partial charge >= 0.3 is 0 Å². The first-order valence-electron chi connectivity index (χ1n) is 3.70. The summed E-state index contributed by atoms with van der Waals surface area (Å²) in [6.45, 7) is 2.98. The first-order chi connectivity index (χ1) is 6.89. The maximum absolute atomic E-state index is 12.8. The number of halogens is 3. The van der Waals surface area contributed by atoms with Crippen LogP contribution in [0.3, 0.4) is 0 Å². The third-order valence-corrected chi connectivity index (χ3v) is 1.85. The second kappa shape index (κ2) is 4.78. The van der Waals surface area contributed by atoms with Crippen LogP contribution in [-0.4, -0.2) is 24.7 Å². The minimum Gasteiger partial charge on any atom is -0.366 e. The van der Waals surface area contributed by atoms with Crippen molar-refractivity contribution >= 4 is 12.7 Å². The van der Waals surface area contributed by atoms with Gasteiger partial charge in [-0.2, -0.15) is 4.39 Å². The summed E-state index contributed by atoms with van der Waals surface area (Å²) in [7, 11) is 0. The van der Waals surface area contributed by atoms with Crippen molar-refractivity contribution in [3.63, 3.8) is 0 Å². The fraction of sp³-hybridized carbons (Fsp3) is 0.429. The Kier molecular flexibility index (Phi) is 4.28. The molecule has 15 heavy (non-hydrogen) atoms. The lowest BCUT2D eigenvalue weighted by Crippen LogP contribution is -2.51. The molecule has 4 N–H and O–H groups in total. The molecule has 86 valence electrons. The quantitative estimate of drug-likeness (QED) is 0.558. The fourth-order valence-corrected chi connectivity index (χ4v) is 1.07. The standard InChI is InChI=1S/C6H8F3N3O.CH2O/c1-6(5(8)9)2(4(10)13)3(7)11-12-6;1-2/h5,11-12H,1H3,(H2,10,13);1H2. The van der Waals surface area contributed by atoms with Gasteiger partial charge in [0, 0.05) is 0 Å². The van der Waals surface area contributed by atoms with Crippen LogP contribution in [0.25, 0.3) is 0 Å². The van der Waals surface area contributed by atoms with Crippen LogP contribution in [0.15, 0.2) is 11.5 Å². The van der Waals surface area contributed by atoms with Crippen LogP contribution in [-0.2, 0) is 9.59 Å². The number of primary amides is 1. The van der Waals surface area contributed by atoms with Crippen LogP contribution in [0.4, 0.5) is 13.2 Å². The third-order valence-electron chi connectivity index (χ3n) is 1.85. The molecule has 0 aromatic rings. The lowest BCUT2D eigenvalue weighted by atomic mass is 9.94. The van der Waals surface area contributed by atoms with E-state index in [9.17, 15) is 18.0 Å². The highest BCUT2D eigenvalue weighted by Crippen LogP contribution is 2.29. The van der Waals surface area contributed by atoms with Crippen molar-refractivity contribution in [1.29, 1.82) is 0 Å². The predicted molar refractivity (Wildman–Crippen MR) is 45.1 cm³/mol. The highest BCUT2D eigenvalue weighted by atomic mass is 19.3. The Balaban J connectivity index is 0.000000921. The van der Waals surface area contributed by atoms with Gasteiger partial charge in [-0.05, 0) is 6.92 Å². The van der Waals surface area contributed by atoms with Gasteiger partial charge in [0.25, 0.3) is 12.3 Å². The molecule has 0 saturated heterocycles. The van der Waals surface area contributed by atoms with E-state index >= 15 is 0 Å². The molecule has 1 aliphatic heterocycles. The normalized spacial score (nSPS) is 24.6. The van der Waals surface area contributed by atoms with Crippen molar-refractivity contribution in [2.75, 3.05) is 0 Å². The summed E-state index contributed by atoms with van der Waals surface area (Å²) in [6, 6.07) is 0. The van der Waals surface area contributed by atoms with Crippen molar-refractivity contribution in [2.24, 2.45) is 5.73 Å². The zero-order valence-corrected chi connectivity index (χ0v) is 7.81. The van der Waals surface area contributed by atoms with Crippen molar-refractivity contribution in [2.45, 2.75) is 18.9 Å². The van der Waals surface area contributed by atoms with Gasteiger partial charge in [0.05, 0.1) is 5.57 Å². The Morgan fingerprint density at radius 3 is 2.27 bits per heavy atom. The van der Waals surface area contributed by atoms with Crippen LogP contribution in [0.2, 0.25) is 0 Å². The van der Waals surface area contributed by atoms with E-state index in [4.69, 9.17) is 10.5 Å². The number of alkyl halides is 2. The summed E-state index contributed by atoms with van der Waals surface area (Å²) >= 11 is 0. The minimum absolute atomic E-state index is 0.762. The van der Waals surface area contributed by atoms with Crippen molar-refractivity contribution in [1.82, 2.24) is 10.9 Å². The molecule has 1 unspecified atom stereocenters. The van der Waals surface area contributed by atoms with Gasteiger partial charge in [0.15, 0.2) is 0 Å². The minimum atomic E-state index is -2.93.